The standard InChI is InChI=1S/C15H20N2/c1-4-6-8-14-13(7-5-2)12(3)11-15-16-9-10-17(14)15/h4,6-10,12H,5,11H2,1-3H3/b6-4-,13-7-,14-8+. The van der Waals surface area contributed by atoms with Crippen molar-refractivity contribution in [2.24, 2.45) is 5.92 Å². The molecule has 0 saturated carbocycles. The van der Waals surface area contributed by atoms with Gasteiger partial charge in [0.1, 0.15) is 5.82 Å². The van der Waals surface area contributed by atoms with Crippen LogP contribution in [0.2, 0.25) is 0 Å². The zero-order valence-electron chi connectivity index (χ0n) is 10.9. The van der Waals surface area contributed by atoms with Gasteiger partial charge in [-0.1, -0.05) is 32.1 Å². The Morgan fingerprint density at radius 2 is 2.35 bits per heavy atom. The van der Waals surface area contributed by atoms with E-state index in [9.17, 15) is 0 Å². The minimum atomic E-state index is 0.557. The van der Waals surface area contributed by atoms with Crippen molar-refractivity contribution in [3.63, 3.8) is 0 Å². The van der Waals surface area contributed by atoms with Crippen LogP contribution in [-0.2, 0) is 6.42 Å². The lowest BCUT2D eigenvalue weighted by Crippen LogP contribution is -2.19. The molecule has 90 valence electrons. The fourth-order valence-corrected chi connectivity index (χ4v) is 2.37. The molecule has 1 aromatic heterocycles. The minimum Gasteiger partial charge on any atom is -0.303 e. The smallest absolute Gasteiger partial charge is 0.113 e. The number of aromatic nitrogens is 2. The van der Waals surface area contributed by atoms with Gasteiger partial charge in [-0.2, -0.15) is 0 Å². The molecule has 0 aliphatic carbocycles. The molecule has 0 bridgehead atoms. The van der Waals surface area contributed by atoms with Gasteiger partial charge in [0.2, 0.25) is 0 Å². The second-order valence-corrected chi connectivity index (χ2v) is 4.46. The molecule has 0 N–H and O–H groups in total. The van der Waals surface area contributed by atoms with E-state index in [4.69, 9.17) is 0 Å². The van der Waals surface area contributed by atoms with Crippen molar-refractivity contribution in [2.45, 2.75) is 33.6 Å². The molecular weight excluding hydrogens is 208 g/mol. The van der Waals surface area contributed by atoms with Crippen molar-refractivity contribution in [3.8, 4) is 0 Å². The third kappa shape index (κ3) is 2.26. The third-order valence-electron chi connectivity index (χ3n) is 3.16. The van der Waals surface area contributed by atoms with Gasteiger partial charge in [-0.05, 0) is 30.9 Å². The van der Waals surface area contributed by atoms with Crippen LogP contribution in [0.25, 0.3) is 5.70 Å². The summed E-state index contributed by atoms with van der Waals surface area (Å²) in [4.78, 5) is 4.43. The zero-order valence-corrected chi connectivity index (χ0v) is 10.9. The van der Waals surface area contributed by atoms with E-state index in [0.717, 1.165) is 12.8 Å². The first kappa shape index (κ1) is 11.9. The second-order valence-electron chi connectivity index (χ2n) is 4.46. The fourth-order valence-electron chi connectivity index (χ4n) is 2.37. The van der Waals surface area contributed by atoms with Crippen LogP contribution in [0.1, 0.15) is 33.0 Å². The Morgan fingerprint density at radius 3 is 3.06 bits per heavy atom. The Balaban J connectivity index is 2.52. The Labute approximate surface area is 103 Å². The highest BCUT2D eigenvalue weighted by molar-refractivity contribution is 5.68. The van der Waals surface area contributed by atoms with Gasteiger partial charge in [0, 0.05) is 24.5 Å². The van der Waals surface area contributed by atoms with Crippen LogP contribution in [0.15, 0.2) is 42.3 Å². The summed E-state index contributed by atoms with van der Waals surface area (Å²) in [5.41, 5.74) is 2.72. The number of nitrogens with zero attached hydrogens (tertiary/aromatic N) is 2. The van der Waals surface area contributed by atoms with Gasteiger partial charge in [-0.15, -0.1) is 0 Å². The van der Waals surface area contributed by atoms with Gasteiger partial charge in [0.15, 0.2) is 0 Å². The lowest BCUT2D eigenvalue weighted by Gasteiger charge is -2.26. The molecule has 1 aliphatic rings. The Morgan fingerprint density at radius 1 is 1.53 bits per heavy atom. The van der Waals surface area contributed by atoms with Crippen LogP contribution in [0, 0.1) is 5.92 Å². The maximum Gasteiger partial charge on any atom is 0.113 e. The summed E-state index contributed by atoms with van der Waals surface area (Å²) in [6, 6.07) is 0. The van der Waals surface area contributed by atoms with Gasteiger partial charge >= 0.3 is 0 Å². The summed E-state index contributed by atoms with van der Waals surface area (Å²) in [6.07, 6.45) is 14.7. The van der Waals surface area contributed by atoms with Crippen molar-refractivity contribution in [1.82, 2.24) is 9.55 Å². The number of hydrogen-bond donors (Lipinski definition) is 0. The molecule has 2 heteroatoms. The number of hydrogen-bond acceptors (Lipinski definition) is 1. The lowest BCUT2D eigenvalue weighted by atomic mass is 9.90. The molecule has 2 nitrogen and oxygen atoms in total. The monoisotopic (exact) mass is 228 g/mol. The highest BCUT2D eigenvalue weighted by Crippen LogP contribution is 2.33. The number of fused-ring (bicyclic) bond motifs is 1. The van der Waals surface area contributed by atoms with E-state index >= 15 is 0 Å². The molecule has 0 aromatic carbocycles. The van der Waals surface area contributed by atoms with E-state index in [-0.39, 0.29) is 0 Å². The van der Waals surface area contributed by atoms with Crippen LogP contribution in [0.5, 0.6) is 0 Å². The number of rotatable bonds is 2. The molecule has 1 aromatic rings. The van der Waals surface area contributed by atoms with Crippen molar-refractivity contribution >= 4 is 5.70 Å². The molecular formula is C15H20N2. The first-order valence-corrected chi connectivity index (χ1v) is 6.34. The summed E-state index contributed by atoms with van der Waals surface area (Å²) >= 11 is 0. The van der Waals surface area contributed by atoms with E-state index < -0.39 is 0 Å². The summed E-state index contributed by atoms with van der Waals surface area (Å²) in [5, 5.41) is 0. The van der Waals surface area contributed by atoms with E-state index in [1.807, 2.05) is 13.1 Å². The summed E-state index contributed by atoms with van der Waals surface area (Å²) in [6.45, 7) is 6.51. The molecule has 0 radical (unpaired) electrons. The van der Waals surface area contributed by atoms with Gasteiger partial charge < -0.3 is 4.57 Å². The first-order valence-electron chi connectivity index (χ1n) is 6.34. The predicted molar refractivity (Wildman–Crippen MR) is 72.6 cm³/mol. The molecule has 17 heavy (non-hydrogen) atoms. The lowest BCUT2D eigenvalue weighted by molar-refractivity contribution is 0.619. The molecule has 1 aliphatic heterocycles. The second kappa shape index (κ2) is 5.17. The van der Waals surface area contributed by atoms with E-state index in [1.54, 1.807) is 0 Å². The topological polar surface area (TPSA) is 17.8 Å². The van der Waals surface area contributed by atoms with Gasteiger partial charge in [-0.25, -0.2) is 4.98 Å². The van der Waals surface area contributed by atoms with Crippen LogP contribution >= 0.6 is 0 Å². The SMILES string of the molecule is C\C=C/C=C1\C(=C/CC)C(C)Cc2nccn21. The zero-order chi connectivity index (χ0) is 12.3. The van der Waals surface area contributed by atoms with Gasteiger partial charge in [-0.3, -0.25) is 0 Å². The summed E-state index contributed by atoms with van der Waals surface area (Å²) in [5.74, 6) is 1.72. The van der Waals surface area contributed by atoms with E-state index in [2.05, 4.69) is 53.9 Å². The molecule has 2 rings (SSSR count). The molecule has 2 heterocycles. The van der Waals surface area contributed by atoms with Gasteiger partial charge in [0.25, 0.3) is 0 Å². The van der Waals surface area contributed by atoms with Crippen molar-refractivity contribution < 1.29 is 0 Å². The number of imidazole rings is 1. The fraction of sp³-hybridized carbons (Fsp3) is 0.400. The van der Waals surface area contributed by atoms with Crippen LogP contribution in [0.4, 0.5) is 0 Å². The molecule has 0 saturated heterocycles. The largest absolute Gasteiger partial charge is 0.303 e. The Kier molecular flexibility index (Phi) is 3.62. The average Bonchev–Trinajstić information content (AvgIpc) is 2.76. The predicted octanol–water partition coefficient (Wildman–Crippen LogP) is 3.83. The highest BCUT2D eigenvalue weighted by atomic mass is 15.1. The third-order valence-corrected chi connectivity index (χ3v) is 3.16. The molecule has 1 unspecified atom stereocenters. The summed E-state index contributed by atoms with van der Waals surface area (Å²) in [7, 11) is 0. The summed E-state index contributed by atoms with van der Waals surface area (Å²) < 4.78 is 2.21. The van der Waals surface area contributed by atoms with E-state index in [1.165, 1.54) is 17.1 Å². The minimum absolute atomic E-state index is 0.557. The van der Waals surface area contributed by atoms with Crippen LogP contribution in [-0.4, -0.2) is 9.55 Å². The van der Waals surface area contributed by atoms with Crippen LogP contribution in [0.3, 0.4) is 0 Å². The first-order chi connectivity index (χ1) is 8.27. The average molecular weight is 228 g/mol. The van der Waals surface area contributed by atoms with Gasteiger partial charge in [0.05, 0.1) is 0 Å². The molecule has 1 atom stereocenters. The quantitative estimate of drug-likeness (QED) is 0.752. The maximum absolute atomic E-state index is 4.43. The van der Waals surface area contributed by atoms with Crippen molar-refractivity contribution in [2.75, 3.05) is 0 Å². The Bertz CT molecular complexity index is 475. The van der Waals surface area contributed by atoms with Crippen LogP contribution < -0.4 is 0 Å². The van der Waals surface area contributed by atoms with Crippen molar-refractivity contribution in [3.05, 3.63) is 48.1 Å². The molecule has 0 amide bonds. The molecule has 0 spiro atoms. The van der Waals surface area contributed by atoms with Crippen molar-refractivity contribution in [1.29, 1.82) is 0 Å². The number of allylic oxidation sites excluding steroid dienone is 6. The Hall–Kier alpha value is -1.57. The van der Waals surface area contributed by atoms with E-state index in [0.29, 0.717) is 5.92 Å². The maximum atomic E-state index is 4.43. The highest BCUT2D eigenvalue weighted by Gasteiger charge is 2.23. The normalized spacial score (nSPS) is 24.8. The molecule has 0 fully saturated rings.